The number of anilines is 2. The Hall–Kier alpha value is -2.82. The van der Waals surface area contributed by atoms with Gasteiger partial charge in [-0.15, -0.1) is 0 Å². The number of amides is 2. The minimum absolute atomic E-state index is 0.0455. The lowest BCUT2D eigenvalue weighted by molar-refractivity contribution is -0.118. The van der Waals surface area contributed by atoms with Crippen LogP contribution in [0.2, 0.25) is 0 Å². The van der Waals surface area contributed by atoms with Crippen LogP contribution in [-0.4, -0.2) is 25.5 Å². The molecule has 0 saturated heterocycles. The Balaban J connectivity index is 1.86. The summed E-state index contributed by atoms with van der Waals surface area (Å²) in [4.78, 5) is 24.6. The van der Waals surface area contributed by atoms with Gasteiger partial charge in [0.1, 0.15) is 5.75 Å². The summed E-state index contributed by atoms with van der Waals surface area (Å²) in [5, 5.41) is 2.74. The summed E-state index contributed by atoms with van der Waals surface area (Å²) < 4.78 is 5.42. The first kappa shape index (κ1) is 15.6. The van der Waals surface area contributed by atoms with Crippen LogP contribution in [0.1, 0.15) is 6.92 Å². The van der Waals surface area contributed by atoms with E-state index in [2.05, 4.69) is 5.32 Å². The predicted molar refractivity (Wildman–Crippen MR) is 86.1 cm³/mol. The largest absolute Gasteiger partial charge is 0.484 e. The molecule has 0 radical (unpaired) electrons. The maximum atomic E-state index is 11.8. The Morgan fingerprint density at radius 1 is 1.05 bits per heavy atom. The predicted octanol–water partition coefficient (Wildman–Crippen LogP) is 2.69. The van der Waals surface area contributed by atoms with Crippen molar-refractivity contribution in [2.45, 2.75) is 6.92 Å². The Morgan fingerprint density at radius 3 is 2.27 bits per heavy atom. The van der Waals surface area contributed by atoms with Crippen LogP contribution in [0.15, 0.2) is 54.6 Å². The van der Waals surface area contributed by atoms with Gasteiger partial charge in [0.2, 0.25) is 5.91 Å². The number of hydrogen-bond acceptors (Lipinski definition) is 3. The van der Waals surface area contributed by atoms with E-state index >= 15 is 0 Å². The summed E-state index contributed by atoms with van der Waals surface area (Å²) in [6.45, 7) is 1.43. The minimum atomic E-state index is -0.226. The molecule has 0 aliphatic heterocycles. The molecule has 5 nitrogen and oxygen atoms in total. The fourth-order valence-corrected chi connectivity index (χ4v) is 1.82. The second-order valence-electron chi connectivity index (χ2n) is 4.77. The van der Waals surface area contributed by atoms with Crippen LogP contribution in [0.3, 0.4) is 0 Å². The standard InChI is InChI=1S/C17H18N2O3/c1-13(20)19(2)15-8-10-16(11-9-15)22-12-17(21)18-14-6-4-3-5-7-14/h3-11H,12H2,1-2H3,(H,18,21). The fourth-order valence-electron chi connectivity index (χ4n) is 1.82. The van der Waals surface area contributed by atoms with Gasteiger partial charge < -0.3 is 15.0 Å². The zero-order valence-corrected chi connectivity index (χ0v) is 12.6. The lowest BCUT2D eigenvalue weighted by atomic mass is 10.3. The van der Waals surface area contributed by atoms with E-state index in [1.54, 1.807) is 31.3 Å². The van der Waals surface area contributed by atoms with E-state index in [1.807, 2.05) is 30.3 Å². The summed E-state index contributed by atoms with van der Waals surface area (Å²) in [6, 6.07) is 16.2. The van der Waals surface area contributed by atoms with Gasteiger partial charge in [0.15, 0.2) is 6.61 Å². The molecule has 0 heterocycles. The number of carbonyl (C=O) groups excluding carboxylic acids is 2. The van der Waals surface area contributed by atoms with E-state index in [4.69, 9.17) is 4.74 Å². The van der Waals surface area contributed by atoms with Crippen LogP contribution in [0.25, 0.3) is 0 Å². The van der Waals surface area contributed by atoms with Crippen LogP contribution in [-0.2, 0) is 9.59 Å². The third-order valence-corrected chi connectivity index (χ3v) is 3.12. The Kier molecular flexibility index (Phi) is 5.14. The van der Waals surface area contributed by atoms with E-state index in [1.165, 1.54) is 11.8 Å². The van der Waals surface area contributed by atoms with E-state index in [0.29, 0.717) is 5.75 Å². The molecule has 0 bridgehead atoms. The van der Waals surface area contributed by atoms with Crippen molar-refractivity contribution in [2.75, 3.05) is 23.9 Å². The quantitative estimate of drug-likeness (QED) is 0.923. The Morgan fingerprint density at radius 2 is 1.68 bits per heavy atom. The second-order valence-corrected chi connectivity index (χ2v) is 4.77. The number of para-hydroxylation sites is 1. The van der Waals surface area contributed by atoms with Crippen molar-refractivity contribution in [1.29, 1.82) is 0 Å². The minimum Gasteiger partial charge on any atom is -0.484 e. The SMILES string of the molecule is CC(=O)N(C)c1ccc(OCC(=O)Nc2ccccc2)cc1. The molecule has 0 spiro atoms. The summed E-state index contributed by atoms with van der Waals surface area (Å²) in [6.07, 6.45) is 0. The normalized spacial score (nSPS) is 9.91. The van der Waals surface area contributed by atoms with Crippen molar-refractivity contribution in [3.63, 3.8) is 0 Å². The van der Waals surface area contributed by atoms with Crippen molar-refractivity contribution in [3.05, 3.63) is 54.6 Å². The third kappa shape index (κ3) is 4.34. The highest BCUT2D eigenvalue weighted by molar-refractivity contribution is 5.92. The molecule has 2 amide bonds. The van der Waals surface area contributed by atoms with Crippen LogP contribution in [0, 0.1) is 0 Å². The molecule has 0 aromatic heterocycles. The molecule has 114 valence electrons. The molecule has 0 unspecified atom stereocenters. The molecule has 2 rings (SSSR count). The van der Waals surface area contributed by atoms with Gasteiger partial charge in [0.05, 0.1) is 0 Å². The van der Waals surface area contributed by atoms with Gasteiger partial charge in [0, 0.05) is 25.3 Å². The topological polar surface area (TPSA) is 58.6 Å². The average molecular weight is 298 g/mol. The Labute approximate surface area is 129 Å². The summed E-state index contributed by atoms with van der Waals surface area (Å²) in [7, 11) is 1.70. The number of rotatable bonds is 5. The molecule has 0 aliphatic rings. The number of nitrogens with zero attached hydrogens (tertiary/aromatic N) is 1. The van der Waals surface area contributed by atoms with Crippen molar-refractivity contribution < 1.29 is 14.3 Å². The van der Waals surface area contributed by atoms with Crippen molar-refractivity contribution in [2.24, 2.45) is 0 Å². The van der Waals surface area contributed by atoms with Gasteiger partial charge in [-0.05, 0) is 36.4 Å². The van der Waals surface area contributed by atoms with Crippen molar-refractivity contribution in [3.8, 4) is 5.75 Å². The summed E-state index contributed by atoms with van der Waals surface area (Å²) >= 11 is 0. The van der Waals surface area contributed by atoms with E-state index in [9.17, 15) is 9.59 Å². The van der Waals surface area contributed by atoms with Crippen molar-refractivity contribution >= 4 is 23.2 Å². The monoisotopic (exact) mass is 298 g/mol. The fraction of sp³-hybridized carbons (Fsp3) is 0.176. The molecule has 0 saturated carbocycles. The highest BCUT2D eigenvalue weighted by Gasteiger charge is 2.06. The van der Waals surface area contributed by atoms with Gasteiger partial charge in [-0.3, -0.25) is 9.59 Å². The molecule has 1 N–H and O–H groups in total. The average Bonchev–Trinajstić information content (AvgIpc) is 2.53. The van der Waals surface area contributed by atoms with E-state index in [0.717, 1.165) is 11.4 Å². The lowest BCUT2D eigenvalue weighted by Gasteiger charge is -2.15. The summed E-state index contributed by atoms with van der Waals surface area (Å²) in [5.41, 5.74) is 1.50. The molecule has 0 aliphatic carbocycles. The smallest absolute Gasteiger partial charge is 0.262 e. The van der Waals surface area contributed by atoms with Crippen LogP contribution >= 0.6 is 0 Å². The summed E-state index contributed by atoms with van der Waals surface area (Å²) in [5.74, 6) is 0.302. The maximum absolute atomic E-state index is 11.8. The number of benzene rings is 2. The zero-order valence-electron chi connectivity index (χ0n) is 12.6. The number of carbonyl (C=O) groups is 2. The maximum Gasteiger partial charge on any atom is 0.262 e. The molecule has 5 heteroatoms. The first-order chi connectivity index (χ1) is 10.6. The molecule has 0 fully saturated rings. The number of ether oxygens (including phenoxy) is 1. The van der Waals surface area contributed by atoms with Gasteiger partial charge in [-0.2, -0.15) is 0 Å². The first-order valence-corrected chi connectivity index (χ1v) is 6.88. The number of hydrogen-bond donors (Lipinski definition) is 1. The highest BCUT2D eigenvalue weighted by Crippen LogP contribution is 2.18. The molecule has 2 aromatic carbocycles. The van der Waals surface area contributed by atoms with Gasteiger partial charge in [0.25, 0.3) is 5.91 Å². The molecule has 0 atom stereocenters. The third-order valence-electron chi connectivity index (χ3n) is 3.12. The molecule has 22 heavy (non-hydrogen) atoms. The van der Waals surface area contributed by atoms with Gasteiger partial charge in [-0.25, -0.2) is 0 Å². The van der Waals surface area contributed by atoms with E-state index in [-0.39, 0.29) is 18.4 Å². The van der Waals surface area contributed by atoms with Gasteiger partial charge in [-0.1, -0.05) is 18.2 Å². The van der Waals surface area contributed by atoms with Crippen LogP contribution in [0.4, 0.5) is 11.4 Å². The second kappa shape index (κ2) is 7.26. The molecule has 2 aromatic rings. The van der Waals surface area contributed by atoms with E-state index < -0.39 is 0 Å². The number of nitrogens with one attached hydrogen (secondary N) is 1. The Bertz CT molecular complexity index is 639. The van der Waals surface area contributed by atoms with Gasteiger partial charge >= 0.3 is 0 Å². The highest BCUT2D eigenvalue weighted by atomic mass is 16.5. The van der Waals surface area contributed by atoms with Crippen molar-refractivity contribution in [1.82, 2.24) is 0 Å². The molecular weight excluding hydrogens is 280 g/mol. The molecular formula is C17H18N2O3. The lowest BCUT2D eigenvalue weighted by Crippen LogP contribution is -2.22. The first-order valence-electron chi connectivity index (χ1n) is 6.88. The van der Waals surface area contributed by atoms with Crippen LogP contribution in [0.5, 0.6) is 5.75 Å². The zero-order chi connectivity index (χ0) is 15.9. The van der Waals surface area contributed by atoms with Crippen LogP contribution < -0.4 is 15.0 Å².